The molecule has 0 fully saturated rings. The molecule has 0 spiro atoms. The zero-order valence-corrected chi connectivity index (χ0v) is 11.4. The van der Waals surface area contributed by atoms with Crippen molar-refractivity contribution in [1.29, 1.82) is 0 Å². The first kappa shape index (κ1) is 13.5. The van der Waals surface area contributed by atoms with Gasteiger partial charge in [0.15, 0.2) is 5.78 Å². The van der Waals surface area contributed by atoms with Gasteiger partial charge in [-0.3, -0.25) is 9.78 Å². The summed E-state index contributed by atoms with van der Waals surface area (Å²) < 4.78 is 5.45. The van der Waals surface area contributed by atoms with E-state index < -0.39 is 0 Å². The first-order chi connectivity index (χ1) is 9.31. The van der Waals surface area contributed by atoms with Crippen molar-refractivity contribution in [3.8, 4) is 5.75 Å². The molecule has 0 radical (unpaired) electrons. The predicted octanol–water partition coefficient (Wildman–Crippen LogP) is 2.85. The van der Waals surface area contributed by atoms with Gasteiger partial charge in [-0.25, -0.2) is 4.98 Å². The second kappa shape index (κ2) is 6.89. The van der Waals surface area contributed by atoms with E-state index in [4.69, 9.17) is 4.74 Å². The zero-order valence-electron chi connectivity index (χ0n) is 10.6. The van der Waals surface area contributed by atoms with E-state index in [1.54, 1.807) is 24.7 Å². The summed E-state index contributed by atoms with van der Waals surface area (Å²) in [7, 11) is 0. The van der Waals surface area contributed by atoms with Gasteiger partial charge in [0, 0.05) is 12.4 Å². The van der Waals surface area contributed by atoms with Crippen LogP contribution in [-0.2, 0) is 0 Å². The lowest BCUT2D eigenvalue weighted by Gasteiger charge is -2.08. The van der Waals surface area contributed by atoms with Crippen molar-refractivity contribution >= 4 is 17.5 Å². The van der Waals surface area contributed by atoms with Crippen LogP contribution < -0.4 is 4.74 Å². The van der Waals surface area contributed by atoms with Gasteiger partial charge in [0.2, 0.25) is 0 Å². The largest absolute Gasteiger partial charge is 0.493 e. The maximum atomic E-state index is 12.2. The van der Waals surface area contributed by atoms with Crippen LogP contribution in [0.1, 0.15) is 17.3 Å². The van der Waals surface area contributed by atoms with Gasteiger partial charge in [-0.1, -0.05) is 23.9 Å². The summed E-state index contributed by atoms with van der Waals surface area (Å²) in [5.41, 5.74) is 0.612. The van der Waals surface area contributed by atoms with Gasteiger partial charge in [0.05, 0.1) is 24.1 Å². The Morgan fingerprint density at radius 1 is 1.32 bits per heavy atom. The van der Waals surface area contributed by atoms with Crippen molar-refractivity contribution in [3.63, 3.8) is 0 Å². The molecule has 0 aliphatic carbocycles. The monoisotopic (exact) mass is 274 g/mol. The second-order valence-electron chi connectivity index (χ2n) is 3.68. The van der Waals surface area contributed by atoms with Crippen LogP contribution in [0.25, 0.3) is 0 Å². The summed E-state index contributed by atoms with van der Waals surface area (Å²) in [5.74, 6) is 0.984. The average Bonchev–Trinajstić information content (AvgIpc) is 2.47. The Balaban J connectivity index is 2.04. The number of hydrogen-bond acceptors (Lipinski definition) is 5. The van der Waals surface area contributed by atoms with E-state index in [-0.39, 0.29) is 5.78 Å². The van der Waals surface area contributed by atoms with Crippen LogP contribution in [0.4, 0.5) is 0 Å². The lowest BCUT2D eigenvalue weighted by molar-refractivity contribution is 0.101. The molecular formula is C14H14N2O2S. The second-order valence-corrected chi connectivity index (χ2v) is 4.68. The Morgan fingerprint density at radius 3 is 2.89 bits per heavy atom. The number of aromatic nitrogens is 2. The summed E-state index contributed by atoms with van der Waals surface area (Å²) in [6.45, 7) is 2.44. The van der Waals surface area contributed by atoms with Gasteiger partial charge < -0.3 is 4.74 Å². The summed E-state index contributed by atoms with van der Waals surface area (Å²) in [6.07, 6.45) is 4.86. The third-order valence-corrected chi connectivity index (χ3v) is 3.29. The Bertz CT molecular complexity index is 546. The highest BCUT2D eigenvalue weighted by Crippen LogP contribution is 2.22. The molecule has 1 aromatic carbocycles. The number of benzene rings is 1. The molecule has 19 heavy (non-hydrogen) atoms. The minimum Gasteiger partial charge on any atom is -0.493 e. The molecule has 4 nitrogen and oxygen atoms in total. The summed E-state index contributed by atoms with van der Waals surface area (Å²) >= 11 is 1.37. The third kappa shape index (κ3) is 3.79. The number of rotatable bonds is 6. The van der Waals surface area contributed by atoms with E-state index >= 15 is 0 Å². The minimum atomic E-state index is 0.0275. The van der Waals surface area contributed by atoms with Crippen molar-refractivity contribution in [3.05, 3.63) is 48.4 Å². The lowest BCUT2D eigenvalue weighted by Crippen LogP contribution is -2.06. The highest BCUT2D eigenvalue weighted by molar-refractivity contribution is 7.99. The number of para-hydroxylation sites is 1. The summed E-state index contributed by atoms with van der Waals surface area (Å²) in [4.78, 5) is 20.2. The topological polar surface area (TPSA) is 52.1 Å². The Morgan fingerprint density at radius 2 is 2.16 bits per heavy atom. The van der Waals surface area contributed by atoms with E-state index in [9.17, 15) is 4.79 Å². The fourth-order valence-corrected chi connectivity index (χ4v) is 2.26. The molecule has 0 N–H and O–H groups in total. The standard InChI is InChI=1S/C14H14N2O2S/c1-2-18-13-6-4-3-5-11(13)12(17)10-19-14-9-15-7-8-16-14/h3-9H,2,10H2,1H3. The molecule has 98 valence electrons. The van der Waals surface area contributed by atoms with Crippen LogP contribution in [0.2, 0.25) is 0 Å². The van der Waals surface area contributed by atoms with Gasteiger partial charge in [-0.15, -0.1) is 0 Å². The Labute approximate surface area is 116 Å². The maximum Gasteiger partial charge on any atom is 0.176 e. The summed E-state index contributed by atoms with van der Waals surface area (Å²) in [5, 5.41) is 0.741. The number of Topliss-reactive ketones (excluding diaryl/α,β-unsaturated/α-hetero) is 1. The lowest BCUT2D eigenvalue weighted by atomic mass is 10.1. The van der Waals surface area contributed by atoms with E-state index in [0.717, 1.165) is 5.03 Å². The van der Waals surface area contributed by atoms with Crippen molar-refractivity contribution < 1.29 is 9.53 Å². The molecule has 0 aliphatic rings. The van der Waals surface area contributed by atoms with Gasteiger partial charge in [0.25, 0.3) is 0 Å². The van der Waals surface area contributed by atoms with Gasteiger partial charge in [-0.05, 0) is 19.1 Å². The quantitative estimate of drug-likeness (QED) is 0.599. The molecule has 0 bridgehead atoms. The van der Waals surface area contributed by atoms with E-state index in [0.29, 0.717) is 23.7 Å². The predicted molar refractivity (Wildman–Crippen MR) is 74.7 cm³/mol. The first-order valence-electron chi connectivity index (χ1n) is 5.95. The molecule has 2 aromatic rings. The van der Waals surface area contributed by atoms with Crippen molar-refractivity contribution in [2.45, 2.75) is 11.9 Å². The van der Waals surface area contributed by atoms with Crippen LogP contribution in [0.3, 0.4) is 0 Å². The number of ether oxygens (including phenoxy) is 1. The smallest absolute Gasteiger partial charge is 0.176 e. The third-order valence-electron chi connectivity index (χ3n) is 2.38. The zero-order chi connectivity index (χ0) is 13.5. The molecule has 1 heterocycles. The number of carbonyl (C=O) groups excluding carboxylic acids is 1. The van der Waals surface area contributed by atoms with Gasteiger partial charge in [-0.2, -0.15) is 0 Å². The molecule has 0 unspecified atom stereocenters. The number of thioether (sulfide) groups is 1. The number of carbonyl (C=O) groups is 1. The molecule has 1 aromatic heterocycles. The number of hydrogen-bond donors (Lipinski definition) is 0. The maximum absolute atomic E-state index is 12.2. The van der Waals surface area contributed by atoms with Crippen LogP contribution in [0, 0.1) is 0 Å². The molecule has 0 saturated heterocycles. The Kier molecular flexibility index (Phi) is 4.92. The molecule has 0 aliphatic heterocycles. The van der Waals surface area contributed by atoms with E-state index in [2.05, 4.69) is 9.97 Å². The highest BCUT2D eigenvalue weighted by Gasteiger charge is 2.12. The number of ketones is 1. The first-order valence-corrected chi connectivity index (χ1v) is 6.93. The SMILES string of the molecule is CCOc1ccccc1C(=O)CSc1cnccn1. The van der Waals surface area contributed by atoms with Crippen LogP contribution in [-0.4, -0.2) is 28.1 Å². The number of nitrogens with zero attached hydrogens (tertiary/aromatic N) is 2. The average molecular weight is 274 g/mol. The van der Waals surface area contributed by atoms with Crippen molar-refractivity contribution in [2.24, 2.45) is 0 Å². The molecule has 0 saturated carbocycles. The Hall–Kier alpha value is -1.88. The van der Waals surface area contributed by atoms with E-state index in [1.807, 2.05) is 25.1 Å². The van der Waals surface area contributed by atoms with Gasteiger partial charge >= 0.3 is 0 Å². The van der Waals surface area contributed by atoms with Crippen LogP contribution in [0.15, 0.2) is 47.9 Å². The molecular weight excluding hydrogens is 260 g/mol. The molecule has 2 rings (SSSR count). The highest BCUT2D eigenvalue weighted by atomic mass is 32.2. The van der Waals surface area contributed by atoms with Crippen LogP contribution >= 0.6 is 11.8 Å². The van der Waals surface area contributed by atoms with Crippen molar-refractivity contribution in [1.82, 2.24) is 9.97 Å². The summed E-state index contributed by atoms with van der Waals surface area (Å²) in [6, 6.07) is 7.29. The van der Waals surface area contributed by atoms with Gasteiger partial charge in [0.1, 0.15) is 10.8 Å². The fourth-order valence-electron chi connectivity index (χ4n) is 1.56. The van der Waals surface area contributed by atoms with Crippen molar-refractivity contribution in [2.75, 3.05) is 12.4 Å². The molecule has 0 amide bonds. The minimum absolute atomic E-state index is 0.0275. The molecule has 5 heteroatoms. The van der Waals surface area contributed by atoms with E-state index in [1.165, 1.54) is 11.8 Å². The van der Waals surface area contributed by atoms with Crippen LogP contribution in [0.5, 0.6) is 5.75 Å². The fraction of sp³-hybridized carbons (Fsp3) is 0.214. The normalized spacial score (nSPS) is 10.2. The molecule has 0 atom stereocenters.